The summed E-state index contributed by atoms with van der Waals surface area (Å²) in [6, 6.07) is 13.3. The maximum absolute atomic E-state index is 9.73. The van der Waals surface area contributed by atoms with Gasteiger partial charge in [-0.2, -0.15) is 5.11 Å². The molecule has 0 aliphatic carbocycles. The highest BCUT2D eigenvalue weighted by Crippen LogP contribution is 2.29. The minimum absolute atomic E-state index is 0.155. The fourth-order valence-electron chi connectivity index (χ4n) is 1.76. The molecule has 0 aliphatic rings. The van der Waals surface area contributed by atoms with E-state index < -0.39 is 0 Å². The molecule has 0 saturated heterocycles. The Morgan fingerprint density at radius 2 is 1.63 bits per heavy atom. The Morgan fingerprint density at radius 3 is 2.21 bits per heavy atom. The van der Waals surface area contributed by atoms with E-state index in [1.807, 2.05) is 37.3 Å². The third-order valence-corrected chi connectivity index (χ3v) is 2.96. The van der Waals surface area contributed by atoms with E-state index in [9.17, 15) is 5.11 Å². The Morgan fingerprint density at radius 1 is 0.947 bits per heavy atom. The van der Waals surface area contributed by atoms with Gasteiger partial charge in [-0.25, -0.2) is 0 Å². The van der Waals surface area contributed by atoms with Gasteiger partial charge in [0.25, 0.3) is 0 Å². The molecule has 2 aromatic rings. The molecule has 0 radical (unpaired) electrons. The van der Waals surface area contributed by atoms with Gasteiger partial charge >= 0.3 is 0 Å². The maximum atomic E-state index is 9.73. The molecule has 0 saturated carbocycles. The predicted molar refractivity (Wildman–Crippen MR) is 77.6 cm³/mol. The zero-order valence-electron chi connectivity index (χ0n) is 11.5. The average Bonchev–Trinajstić information content (AvgIpc) is 2.38. The second-order valence-electron chi connectivity index (χ2n) is 4.94. The molecule has 0 aromatic heterocycles. The molecule has 98 valence electrons. The molecule has 0 heterocycles. The van der Waals surface area contributed by atoms with Gasteiger partial charge in [0.2, 0.25) is 0 Å². The zero-order chi connectivity index (χ0) is 13.8. The van der Waals surface area contributed by atoms with E-state index in [1.54, 1.807) is 12.1 Å². The van der Waals surface area contributed by atoms with Crippen LogP contribution < -0.4 is 0 Å². The maximum Gasteiger partial charge on any atom is 0.143 e. The van der Waals surface area contributed by atoms with Crippen LogP contribution >= 0.6 is 0 Å². The van der Waals surface area contributed by atoms with Crippen molar-refractivity contribution in [1.29, 1.82) is 0 Å². The molecule has 0 spiro atoms. The minimum Gasteiger partial charge on any atom is -0.506 e. The predicted octanol–water partition coefficient (Wildman–Crippen LogP) is 5.24. The summed E-state index contributed by atoms with van der Waals surface area (Å²) in [6.45, 7) is 6.23. The average molecular weight is 254 g/mol. The lowest BCUT2D eigenvalue weighted by molar-refractivity contribution is 0.476. The Balaban J connectivity index is 2.18. The summed E-state index contributed by atoms with van der Waals surface area (Å²) in [5, 5.41) is 17.9. The SMILES string of the molecule is Cc1ccc(N=Nc2ccc(C(C)C)cc2)c(O)c1. The molecule has 0 amide bonds. The third kappa shape index (κ3) is 3.41. The van der Waals surface area contributed by atoms with Crippen LogP contribution in [0, 0.1) is 6.92 Å². The largest absolute Gasteiger partial charge is 0.506 e. The zero-order valence-corrected chi connectivity index (χ0v) is 11.5. The number of nitrogens with zero attached hydrogens (tertiary/aromatic N) is 2. The molecule has 2 rings (SSSR count). The van der Waals surface area contributed by atoms with Crippen LogP contribution in [0.15, 0.2) is 52.7 Å². The van der Waals surface area contributed by atoms with Gasteiger partial charge in [-0.3, -0.25) is 0 Å². The van der Waals surface area contributed by atoms with Crippen LogP contribution in [0.2, 0.25) is 0 Å². The van der Waals surface area contributed by atoms with Crippen molar-refractivity contribution >= 4 is 11.4 Å². The van der Waals surface area contributed by atoms with Crippen molar-refractivity contribution in [3.63, 3.8) is 0 Å². The van der Waals surface area contributed by atoms with Crippen molar-refractivity contribution in [2.24, 2.45) is 10.2 Å². The highest BCUT2D eigenvalue weighted by Gasteiger charge is 2.00. The summed E-state index contributed by atoms with van der Waals surface area (Å²) < 4.78 is 0. The van der Waals surface area contributed by atoms with Gasteiger partial charge in [-0.1, -0.05) is 32.0 Å². The molecule has 3 nitrogen and oxygen atoms in total. The normalized spacial score (nSPS) is 11.4. The van der Waals surface area contributed by atoms with E-state index in [0.29, 0.717) is 11.6 Å². The first-order chi connectivity index (χ1) is 9.06. The monoisotopic (exact) mass is 254 g/mol. The van der Waals surface area contributed by atoms with Crippen LogP contribution in [0.5, 0.6) is 5.75 Å². The number of aryl methyl sites for hydroxylation is 1. The molecule has 0 unspecified atom stereocenters. The van der Waals surface area contributed by atoms with Crippen LogP contribution in [0.3, 0.4) is 0 Å². The lowest BCUT2D eigenvalue weighted by Crippen LogP contribution is -1.84. The highest BCUT2D eigenvalue weighted by molar-refractivity contribution is 5.52. The topological polar surface area (TPSA) is 45.0 Å². The molecule has 0 aliphatic heterocycles. The molecular weight excluding hydrogens is 236 g/mol. The third-order valence-electron chi connectivity index (χ3n) is 2.96. The number of phenols is 1. The number of hydrogen-bond donors (Lipinski definition) is 1. The Bertz CT molecular complexity index is 586. The standard InChI is InChI=1S/C16H18N2O/c1-11(2)13-5-7-14(8-6-13)17-18-15-9-4-12(3)10-16(15)19/h4-11,19H,1-3H3. The molecule has 0 bridgehead atoms. The molecule has 1 N–H and O–H groups in total. The van der Waals surface area contributed by atoms with Crippen molar-refractivity contribution in [2.75, 3.05) is 0 Å². The molecule has 3 heteroatoms. The van der Waals surface area contributed by atoms with Crippen LogP contribution in [0.25, 0.3) is 0 Å². The van der Waals surface area contributed by atoms with Gasteiger partial charge in [0, 0.05) is 0 Å². The Hall–Kier alpha value is -2.16. The van der Waals surface area contributed by atoms with Gasteiger partial charge in [0.1, 0.15) is 11.4 Å². The summed E-state index contributed by atoms with van der Waals surface area (Å²) in [5.41, 5.74) is 3.54. The fraction of sp³-hybridized carbons (Fsp3) is 0.250. The molecule has 0 fully saturated rings. The number of benzene rings is 2. The van der Waals surface area contributed by atoms with Crippen LogP contribution in [-0.2, 0) is 0 Å². The highest BCUT2D eigenvalue weighted by atomic mass is 16.3. The van der Waals surface area contributed by atoms with E-state index >= 15 is 0 Å². The van der Waals surface area contributed by atoms with Gasteiger partial charge < -0.3 is 5.11 Å². The Kier molecular flexibility index (Phi) is 3.95. The van der Waals surface area contributed by atoms with E-state index in [0.717, 1.165) is 11.3 Å². The first kappa shape index (κ1) is 13.3. The first-order valence-corrected chi connectivity index (χ1v) is 6.37. The molecular formula is C16H18N2O. The second-order valence-corrected chi connectivity index (χ2v) is 4.94. The lowest BCUT2D eigenvalue weighted by Gasteiger charge is -2.04. The van der Waals surface area contributed by atoms with Crippen LogP contribution in [-0.4, -0.2) is 5.11 Å². The summed E-state index contributed by atoms with van der Waals surface area (Å²) in [7, 11) is 0. The van der Waals surface area contributed by atoms with Crippen molar-refractivity contribution in [1.82, 2.24) is 0 Å². The van der Waals surface area contributed by atoms with Crippen molar-refractivity contribution < 1.29 is 5.11 Å². The minimum atomic E-state index is 0.155. The number of phenolic OH excluding ortho intramolecular Hbond substituents is 1. The number of aromatic hydroxyl groups is 1. The van der Waals surface area contributed by atoms with Crippen molar-refractivity contribution in [2.45, 2.75) is 26.7 Å². The molecule has 0 atom stereocenters. The lowest BCUT2D eigenvalue weighted by atomic mass is 10.0. The summed E-state index contributed by atoms with van der Waals surface area (Å²) in [5.74, 6) is 0.662. The van der Waals surface area contributed by atoms with Crippen LogP contribution in [0.4, 0.5) is 11.4 Å². The van der Waals surface area contributed by atoms with E-state index in [2.05, 4.69) is 24.1 Å². The van der Waals surface area contributed by atoms with Crippen molar-refractivity contribution in [3.05, 3.63) is 53.6 Å². The Labute approximate surface area is 113 Å². The van der Waals surface area contributed by atoms with Crippen molar-refractivity contribution in [3.8, 4) is 5.75 Å². The van der Waals surface area contributed by atoms with Gasteiger partial charge in [0.05, 0.1) is 5.69 Å². The first-order valence-electron chi connectivity index (χ1n) is 6.37. The van der Waals surface area contributed by atoms with E-state index in [1.165, 1.54) is 5.56 Å². The molecule has 2 aromatic carbocycles. The molecule has 19 heavy (non-hydrogen) atoms. The fourth-order valence-corrected chi connectivity index (χ4v) is 1.76. The smallest absolute Gasteiger partial charge is 0.143 e. The second kappa shape index (κ2) is 5.65. The number of azo groups is 1. The van der Waals surface area contributed by atoms with E-state index in [-0.39, 0.29) is 5.75 Å². The summed E-state index contributed by atoms with van der Waals surface area (Å²) >= 11 is 0. The van der Waals surface area contributed by atoms with Gasteiger partial charge in [0.15, 0.2) is 0 Å². The van der Waals surface area contributed by atoms with Crippen LogP contribution in [0.1, 0.15) is 30.9 Å². The summed E-state index contributed by atoms with van der Waals surface area (Å²) in [6.07, 6.45) is 0. The number of hydrogen-bond acceptors (Lipinski definition) is 3. The summed E-state index contributed by atoms with van der Waals surface area (Å²) in [4.78, 5) is 0. The van der Waals surface area contributed by atoms with E-state index in [4.69, 9.17) is 0 Å². The van der Waals surface area contributed by atoms with Gasteiger partial charge in [-0.05, 0) is 48.2 Å². The van der Waals surface area contributed by atoms with Gasteiger partial charge in [-0.15, -0.1) is 5.11 Å². The number of rotatable bonds is 3. The quantitative estimate of drug-likeness (QED) is 0.748.